The van der Waals surface area contributed by atoms with Gasteiger partial charge in [-0.3, -0.25) is 0 Å². The second-order valence-electron chi connectivity index (χ2n) is 4.97. The molecule has 0 aliphatic carbocycles. The van der Waals surface area contributed by atoms with Crippen LogP contribution in [0, 0.1) is 0 Å². The molecule has 106 valence electrons. The number of nitrogens with one attached hydrogen (secondary N) is 1. The minimum atomic E-state index is 0.973. The van der Waals surface area contributed by atoms with Crippen molar-refractivity contribution in [1.82, 2.24) is 5.32 Å². The summed E-state index contributed by atoms with van der Waals surface area (Å²) in [7, 11) is 2.00. The van der Waals surface area contributed by atoms with Crippen LogP contribution in [0.25, 0.3) is 0 Å². The normalized spacial score (nSPS) is 10.5. The lowest BCUT2D eigenvalue weighted by atomic mass is 10.0. The molecule has 0 heterocycles. The van der Waals surface area contributed by atoms with Gasteiger partial charge in [0.05, 0.1) is 0 Å². The molecule has 1 N–H and O–H groups in total. The maximum atomic E-state index is 3.23. The lowest BCUT2D eigenvalue weighted by molar-refractivity contribution is 0.771. The Morgan fingerprint density at radius 2 is 1.55 bits per heavy atom. The van der Waals surface area contributed by atoms with Crippen molar-refractivity contribution in [3.63, 3.8) is 0 Å². The molecule has 0 radical (unpaired) electrons. The van der Waals surface area contributed by atoms with E-state index in [0.717, 1.165) is 26.1 Å². The number of para-hydroxylation sites is 1. The molecule has 2 aromatic rings. The summed E-state index contributed by atoms with van der Waals surface area (Å²) in [5, 5.41) is 3.23. The molecule has 0 spiro atoms. The van der Waals surface area contributed by atoms with Crippen molar-refractivity contribution in [2.45, 2.75) is 19.9 Å². The lowest BCUT2D eigenvalue weighted by Crippen LogP contribution is -2.23. The summed E-state index contributed by atoms with van der Waals surface area (Å²) >= 11 is 0. The fourth-order valence-corrected chi connectivity index (χ4v) is 2.45. The number of rotatable bonds is 7. The van der Waals surface area contributed by atoms with Crippen LogP contribution in [-0.4, -0.2) is 20.1 Å². The van der Waals surface area contributed by atoms with E-state index in [9.17, 15) is 0 Å². The smallest absolute Gasteiger partial charge is 0.0432 e. The maximum Gasteiger partial charge on any atom is 0.0432 e. The molecule has 0 saturated carbocycles. The molecule has 2 rings (SSSR count). The van der Waals surface area contributed by atoms with E-state index >= 15 is 0 Å². The molecular weight excluding hydrogens is 244 g/mol. The second kappa shape index (κ2) is 7.71. The lowest BCUT2D eigenvalue weighted by Gasteiger charge is -2.24. The highest BCUT2D eigenvalue weighted by Crippen LogP contribution is 2.18. The van der Waals surface area contributed by atoms with Crippen LogP contribution in [0.2, 0.25) is 0 Å². The van der Waals surface area contributed by atoms with Gasteiger partial charge in [0, 0.05) is 18.8 Å². The molecule has 0 aliphatic heterocycles. The molecule has 0 unspecified atom stereocenters. The van der Waals surface area contributed by atoms with E-state index in [2.05, 4.69) is 71.7 Å². The first-order valence-electron chi connectivity index (χ1n) is 7.36. The molecule has 0 aliphatic rings. The number of hydrogen-bond acceptors (Lipinski definition) is 2. The van der Waals surface area contributed by atoms with Gasteiger partial charge in [-0.05, 0) is 50.2 Å². The molecule has 0 aromatic heterocycles. The first kappa shape index (κ1) is 14.6. The van der Waals surface area contributed by atoms with Crippen LogP contribution in [-0.2, 0) is 13.0 Å². The van der Waals surface area contributed by atoms with Crippen molar-refractivity contribution in [2.75, 3.05) is 25.0 Å². The van der Waals surface area contributed by atoms with Crippen LogP contribution in [0.5, 0.6) is 0 Å². The number of nitrogens with zero attached hydrogens (tertiary/aromatic N) is 1. The van der Waals surface area contributed by atoms with Crippen molar-refractivity contribution in [3.05, 3.63) is 65.7 Å². The van der Waals surface area contributed by atoms with Crippen molar-refractivity contribution >= 4 is 5.69 Å². The van der Waals surface area contributed by atoms with Crippen LogP contribution in [0.15, 0.2) is 54.6 Å². The SMILES string of the molecule is CCN(Cc1ccccc1CCNC)c1ccccc1. The third kappa shape index (κ3) is 3.84. The summed E-state index contributed by atoms with van der Waals surface area (Å²) in [5.41, 5.74) is 4.16. The van der Waals surface area contributed by atoms with Gasteiger partial charge in [-0.25, -0.2) is 0 Å². The Hall–Kier alpha value is -1.80. The summed E-state index contributed by atoms with van der Waals surface area (Å²) < 4.78 is 0. The van der Waals surface area contributed by atoms with Gasteiger partial charge in [0.2, 0.25) is 0 Å². The van der Waals surface area contributed by atoms with Gasteiger partial charge >= 0.3 is 0 Å². The third-order valence-corrected chi connectivity index (χ3v) is 3.63. The predicted octanol–water partition coefficient (Wildman–Crippen LogP) is 3.48. The Morgan fingerprint density at radius 3 is 2.20 bits per heavy atom. The largest absolute Gasteiger partial charge is 0.367 e. The Balaban J connectivity index is 2.15. The maximum absolute atomic E-state index is 3.23. The summed E-state index contributed by atoms with van der Waals surface area (Å²) in [6.45, 7) is 5.22. The molecule has 2 heteroatoms. The van der Waals surface area contributed by atoms with E-state index in [4.69, 9.17) is 0 Å². The van der Waals surface area contributed by atoms with Crippen LogP contribution in [0.1, 0.15) is 18.1 Å². The fourth-order valence-electron chi connectivity index (χ4n) is 2.45. The molecular formula is C18H24N2. The van der Waals surface area contributed by atoms with Crippen LogP contribution >= 0.6 is 0 Å². The highest BCUT2D eigenvalue weighted by Gasteiger charge is 2.07. The molecule has 0 amide bonds. The zero-order valence-electron chi connectivity index (χ0n) is 12.5. The summed E-state index contributed by atoms with van der Waals surface area (Å²) in [5.74, 6) is 0. The number of anilines is 1. The van der Waals surface area contributed by atoms with E-state index in [-0.39, 0.29) is 0 Å². The summed E-state index contributed by atoms with van der Waals surface area (Å²) in [4.78, 5) is 2.41. The van der Waals surface area contributed by atoms with Gasteiger partial charge in [-0.15, -0.1) is 0 Å². The van der Waals surface area contributed by atoms with E-state index in [1.165, 1.54) is 16.8 Å². The minimum Gasteiger partial charge on any atom is -0.367 e. The molecule has 2 aromatic carbocycles. The molecule has 2 nitrogen and oxygen atoms in total. The monoisotopic (exact) mass is 268 g/mol. The van der Waals surface area contributed by atoms with Gasteiger partial charge < -0.3 is 10.2 Å². The van der Waals surface area contributed by atoms with Crippen LogP contribution < -0.4 is 10.2 Å². The average Bonchev–Trinajstić information content (AvgIpc) is 2.52. The van der Waals surface area contributed by atoms with E-state index in [1.807, 2.05) is 7.05 Å². The Labute approximate surface area is 122 Å². The summed E-state index contributed by atoms with van der Waals surface area (Å²) in [6.07, 6.45) is 1.08. The van der Waals surface area contributed by atoms with Crippen molar-refractivity contribution < 1.29 is 0 Å². The molecule has 0 saturated heterocycles. The zero-order chi connectivity index (χ0) is 14.2. The van der Waals surface area contributed by atoms with Crippen LogP contribution in [0.3, 0.4) is 0 Å². The standard InChI is InChI=1S/C18H24N2/c1-3-20(18-11-5-4-6-12-18)15-17-10-8-7-9-16(17)13-14-19-2/h4-12,19H,3,13-15H2,1-2H3. The van der Waals surface area contributed by atoms with E-state index in [1.54, 1.807) is 0 Å². The third-order valence-electron chi connectivity index (χ3n) is 3.63. The molecule has 0 atom stereocenters. The van der Waals surface area contributed by atoms with Gasteiger partial charge in [0.25, 0.3) is 0 Å². The Kier molecular flexibility index (Phi) is 5.63. The zero-order valence-corrected chi connectivity index (χ0v) is 12.5. The van der Waals surface area contributed by atoms with Crippen LogP contribution in [0.4, 0.5) is 5.69 Å². The van der Waals surface area contributed by atoms with Gasteiger partial charge in [0.1, 0.15) is 0 Å². The number of likely N-dealkylation sites (N-methyl/N-ethyl adjacent to an activating group) is 1. The van der Waals surface area contributed by atoms with Gasteiger partial charge in [-0.2, -0.15) is 0 Å². The highest BCUT2D eigenvalue weighted by atomic mass is 15.1. The average molecular weight is 268 g/mol. The quantitative estimate of drug-likeness (QED) is 0.827. The van der Waals surface area contributed by atoms with Crippen molar-refractivity contribution in [2.24, 2.45) is 0 Å². The van der Waals surface area contributed by atoms with E-state index in [0.29, 0.717) is 0 Å². The molecule has 20 heavy (non-hydrogen) atoms. The topological polar surface area (TPSA) is 15.3 Å². The first-order chi connectivity index (χ1) is 9.85. The van der Waals surface area contributed by atoms with Gasteiger partial charge in [-0.1, -0.05) is 42.5 Å². The summed E-state index contributed by atoms with van der Waals surface area (Å²) in [6, 6.07) is 19.4. The fraction of sp³-hybridized carbons (Fsp3) is 0.333. The molecule has 0 bridgehead atoms. The second-order valence-corrected chi connectivity index (χ2v) is 4.97. The van der Waals surface area contributed by atoms with Gasteiger partial charge in [0.15, 0.2) is 0 Å². The van der Waals surface area contributed by atoms with Crippen molar-refractivity contribution in [3.8, 4) is 0 Å². The number of hydrogen-bond donors (Lipinski definition) is 1. The van der Waals surface area contributed by atoms with Crippen molar-refractivity contribution in [1.29, 1.82) is 0 Å². The highest BCUT2D eigenvalue weighted by molar-refractivity contribution is 5.47. The van der Waals surface area contributed by atoms with E-state index < -0.39 is 0 Å². The first-order valence-corrected chi connectivity index (χ1v) is 7.36. The predicted molar refractivity (Wildman–Crippen MR) is 87.2 cm³/mol. The minimum absolute atomic E-state index is 0.973. The number of benzene rings is 2. The Morgan fingerprint density at radius 1 is 0.900 bits per heavy atom. The molecule has 0 fully saturated rings. The Bertz CT molecular complexity index is 508.